The summed E-state index contributed by atoms with van der Waals surface area (Å²) in [4.78, 5) is 2.41. The van der Waals surface area contributed by atoms with E-state index in [0.717, 1.165) is 63.9 Å². The Bertz CT molecular complexity index is 1690. The van der Waals surface area contributed by atoms with Crippen LogP contribution >= 0.6 is 0 Å². The van der Waals surface area contributed by atoms with Gasteiger partial charge in [-0.3, -0.25) is 0 Å². The van der Waals surface area contributed by atoms with Crippen molar-refractivity contribution in [1.82, 2.24) is 9.47 Å². The van der Waals surface area contributed by atoms with Crippen LogP contribution in [0.5, 0.6) is 0 Å². The summed E-state index contributed by atoms with van der Waals surface area (Å²) in [5.41, 5.74) is 8.02. The molecule has 1 spiro atoms. The van der Waals surface area contributed by atoms with Crippen LogP contribution in [0.3, 0.4) is 0 Å². The Labute approximate surface area is 256 Å². The molecular formula is C32H38F3N5O3S. The number of aromatic nitrogens is 1. The fraction of sp³-hybridized carbons (Fsp3) is 0.500. The van der Waals surface area contributed by atoms with E-state index in [1.807, 2.05) is 6.07 Å². The molecule has 3 aromatic rings. The van der Waals surface area contributed by atoms with E-state index in [4.69, 9.17) is 15.6 Å². The highest BCUT2D eigenvalue weighted by Crippen LogP contribution is 2.39. The lowest BCUT2D eigenvalue weighted by molar-refractivity contribution is -0.176. The number of nitrogens with one attached hydrogen (secondary N) is 1. The first-order chi connectivity index (χ1) is 20.9. The van der Waals surface area contributed by atoms with E-state index in [1.54, 1.807) is 24.3 Å². The van der Waals surface area contributed by atoms with Gasteiger partial charge in [-0.25, -0.2) is 13.6 Å². The van der Waals surface area contributed by atoms with E-state index in [2.05, 4.69) is 22.1 Å². The van der Waals surface area contributed by atoms with Crippen LogP contribution in [0.4, 0.5) is 24.5 Å². The maximum absolute atomic E-state index is 13.7. The molecular weight excluding hydrogens is 591 g/mol. The van der Waals surface area contributed by atoms with Crippen LogP contribution in [0.2, 0.25) is 0 Å². The molecule has 0 amide bonds. The van der Waals surface area contributed by atoms with Crippen molar-refractivity contribution in [3.63, 3.8) is 0 Å². The smallest absolute Gasteiger partial charge is 0.397 e. The van der Waals surface area contributed by atoms with Crippen LogP contribution < -0.4 is 16.2 Å². The number of sulfonamides is 1. The third-order valence-electron chi connectivity index (χ3n) is 9.49. The number of rotatable bonds is 6. The highest BCUT2D eigenvalue weighted by molar-refractivity contribution is 7.89. The number of alkyl halides is 3. The van der Waals surface area contributed by atoms with E-state index in [9.17, 15) is 21.6 Å². The highest BCUT2D eigenvalue weighted by atomic mass is 32.2. The Morgan fingerprint density at radius 2 is 1.75 bits per heavy atom. The zero-order chi connectivity index (χ0) is 31.1. The Hall–Kier alpha value is -3.24. The molecule has 6 rings (SSSR count). The van der Waals surface area contributed by atoms with Gasteiger partial charge >= 0.3 is 6.18 Å². The summed E-state index contributed by atoms with van der Waals surface area (Å²) in [6, 6.07) is 12.3. The predicted molar refractivity (Wildman–Crippen MR) is 165 cm³/mol. The minimum atomic E-state index is -4.45. The number of anilines is 2. The van der Waals surface area contributed by atoms with Crippen molar-refractivity contribution in [3.05, 3.63) is 53.7 Å². The van der Waals surface area contributed by atoms with Gasteiger partial charge in [-0.2, -0.15) is 13.2 Å². The summed E-state index contributed by atoms with van der Waals surface area (Å²) < 4.78 is 71.7. The van der Waals surface area contributed by atoms with Crippen molar-refractivity contribution in [2.45, 2.75) is 86.7 Å². The number of nitrogen functional groups attached to an aromatic ring is 1. The number of para-hydroxylation sites is 1. The average Bonchev–Trinajstić information content (AvgIpc) is 3.29. The van der Waals surface area contributed by atoms with Crippen molar-refractivity contribution in [2.24, 2.45) is 5.14 Å². The summed E-state index contributed by atoms with van der Waals surface area (Å²) in [5.74, 6) is 5.77. The number of nitrogens with two attached hydrogens (primary N) is 2. The zero-order valence-electron chi connectivity index (χ0n) is 24.5. The monoisotopic (exact) mass is 629 g/mol. The van der Waals surface area contributed by atoms with E-state index in [1.165, 1.54) is 23.1 Å². The van der Waals surface area contributed by atoms with Gasteiger partial charge in [0.15, 0.2) is 0 Å². The van der Waals surface area contributed by atoms with E-state index < -0.39 is 22.7 Å². The molecule has 0 bridgehead atoms. The Kier molecular flexibility index (Phi) is 8.34. The number of halogens is 3. The summed E-state index contributed by atoms with van der Waals surface area (Å²) in [6.07, 6.45) is 3.17. The number of hydrogen-bond donors (Lipinski definition) is 3. The third kappa shape index (κ3) is 6.56. The van der Waals surface area contributed by atoms with Crippen molar-refractivity contribution in [1.29, 1.82) is 0 Å². The molecule has 3 aliphatic rings. The highest BCUT2D eigenvalue weighted by Gasteiger charge is 2.42. The van der Waals surface area contributed by atoms with E-state index >= 15 is 0 Å². The van der Waals surface area contributed by atoms with Gasteiger partial charge in [0.25, 0.3) is 0 Å². The summed E-state index contributed by atoms with van der Waals surface area (Å²) in [7, 11) is -4.02. The van der Waals surface area contributed by atoms with Crippen LogP contribution in [0.15, 0.2) is 47.4 Å². The van der Waals surface area contributed by atoms with Gasteiger partial charge in [-0.05, 0) is 80.7 Å². The quantitative estimate of drug-likeness (QED) is 0.261. The van der Waals surface area contributed by atoms with Crippen molar-refractivity contribution in [2.75, 3.05) is 30.7 Å². The molecule has 1 saturated carbocycles. The summed E-state index contributed by atoms with van der Waals surface area (Å²) in [6.45, 7) is 1.88. The summed E-state index contributed by atoms with van der Waals surface area (Å²) >= 11 is 0. The molecule has 5 N–H and O–H groups in total. The van der Waals surface area contributed by atoms with Gasteiger partial charge in [-0.1, -0.05) is 24.1 Å². The molecule has 44 heavy (non-hydrogen) atoms. The third-order valence-corrected chi connectivity index (χ3v) is 10.5. The number of benzene rings is 2. The number of fused-ring (bicyclic) bond motifs is 1. The second-order valence-corrected chi connectivity index (χ2v) is 13.8. The second-order valence-electron chi connectivity index (χ2n) is 12.3. The standard InChI is InChI=1S/C32H38F3N5O3S/c33-32(34,35)21-40-25(6-1-4-22-5-2-9-29(30(22)36)44(37,41)42)20-26-27(7-3-8-28(26)40)38-23-10-12-24(13-11-23)39-17-14-31(15-18-39)16-19-43-31/h2-3,5,7-9,20,23-24,38H,4,10-19,21,36H2,(H2,37,41,42). The molecule has 0 unspecified atom stereocenters. The zero-order valence-corrected chi connectivity index (χ0v) is 25.3. The van der Waals surface area contributed by atoms with Crippen LogP contribution in [-0.2, 0) is 27.7 Å². The molecule has 3 fully saturated rings. The van der Waals surface area contributed by atoms with Gasteiger partial charge in [0.05, 0.1) is 29.1 Å². The molecule has 2 aliphatic heterocycles. The maximum atomic E-state index is 13.7. The number of ether oxygens (including phenoxy) is 1. The van der Waals surface area contributed by atoms with Crippen molar-refractivity contribution in [3.8, 4) is 11.8 Å². The maximum Gasteiger partial charge on any atom is 0.406 e. The van der Waals surface area contributed by atoms with Crippen LogP contribution in [-0.4, -0.2) is 61.4 Å². The number of piperidine rings is 1. The molecule has 12 heteroatoms. The lowest BCUT2D eigenvalue weighted by atomic mass is 9.82. The minimum Gasteiger partial charge on any atom is -0.397 e. The Morgan fingerprint density at radius 3 is 2.39 bits per heavy atom. The number of primary sulfonamides is 1. The SMILES string of the molecule is Nc1c(CC#Cc2cc3c(NC4CCC(N5CCC6(CCO6)CC5)CC4)cccc3n2CC(F)(F)F)cccc1S(N)(=O)=O. The fourth-order valence-corrected chi connectivity index (χ4v) is 7.68. The van der Waals surface area contributed by atoms with Crippen molar-refractivity contribution >= 4 is 32.3 Å². The lowest BCUT2D eigenvalue weighted by Crippen LogP contribution is -2.54. The first-order valence-electron chi connectivity index (χ1n) is 15.1. The number of nitrogens with zero attached hydrogens (tertiary/aromatic N) is 2. The minimum absolute atomic E-state index is 0.0158. The van der Waals surface area contributed by atoms with Gasteiger partial charge in [0, 0.05) is 42.7 Å². The van der Waals surface area contributed by atoms with Crippen molar-refractivity contribution < 1.29 is 26.3 Å². The Morgan fingerprint density at radius 1 is 1.05 bits per heavy atom. The van der Waals surface area contributed by atoms with Gasteiger partial charge in [-0.15, -0.1) is 0 Å². The number of hydrogen-bond acceptors (Lipinski definition) is 6. The molecule has 2 aromatic carbocycles. The topological polar surface area (TPSA) is 116 Å². The molecule has 2 saturated heterocycles. The normalized spacial score (nSPS) is 22.4. The molecule has 1 aromatic heterocycles. The molecule has 236 valence electrons. The average molecular weight is 630 g/mol. The molecule has 8 nitrogen and oxygen atoms in total. The molecule has 0 radical (unpaired) electrons. The van der Waals surface area contributed by atoms with Gasteiger partial charge < -0.3 is 25.3 Å². The van der Waals surface area contributed by atoms with Gasteiger partial charge in [0.2, 0.25) is 10.0 Å². The first-order valence-corrected chi connectivity index (χ1v) is 16.7. The second kappa shape index (κ2) is 11.9. The molecule has 0 atom stereocenters. The fourth-order valence-electron chi connectivity index (χ4n) is 6.97. The molecule has 3 heterocycles. The van der Waals surface area contributed by atoms with Crippen LogP contribution in [0.25, 0.3) is 10.9 Å². The largest absolute Gasteiger partial charge is 0.406 e. The van der Waals surface area contributed by atoms with E-state index in [-0.39, 0.29) is 34.3 Å². The van der Waals surface area contributed by atoms with Gasteiger partial charge in [0.1, 0.15) is 11.4 Å². The summed E-state index contributed by atoms with van der Waals surface area (Å²) in [5, 5.41) is 9.55. The number of likely N-dealkylation sites (tertiary alicyclic amines) is 1. The first kappa shape index (κ1) is 30.8. The lowest BCUT2D eigenvalue weighted by Gasteiger charge is -2.50. The predicted octanol–water partition coefficient (Wildman–Crippen LogP) is 5.01. The molecule has 1 aliphatic carbocycles. The van der Waals surface area contributed by atoms with Crippen LogP contribution in [0.1, 0.15) is 56.2 Å². The Balaban J connectivity index is 1.18. The van der Waals surface area contributed by atoms with E-state index in [0.29, 0.717) is 22.5 Å². The van der Waals surface area contributed by atoms with Crippen LogP contribution in [0, 0.1) is 11.8 Å².